The summed E-state index contributed by atoms with van der Waals surface area (Å²) in [7, 11) is 0. The van der Waals surface area contributed by atoms with Crippen molar-refractivity contribution in [2.75, 3.05) is 11.1 Å². The molecule has 0 aliphatic rings. The van der Waals surface area contributed by atoms with Crippen molar-refractivity contribution in [3.63, 3.8) is 0 Å². The summed E-state index contributed by atoms with van der Waals surface area (Å²) in [5.74, 6) is 0.305. The van der Waals surface area contributed by atoms with Gasteiger partial charge in [-0.05, 0) is 42.5 Å². The Morgan fingerprint density at radius 1 is 0.969 bits per heavy atom. The zero-order valence-electron chi connectivity index (χ0n) is 16.6. The van der Waals surface area contributed by atoms with Crippen molar-refractivity contribution in [1.29, 1.82) is 0 Å². The van der Waals surface area contributed by atoms with E-state index >= 15 is 0 Å². The van der Waals surface area contributed by atoms with E-state index in [4.69, 9.17) is 11.6 Å². The first kappa shape index (κ1) is 20.3. The lowest BCUT2D eigenvalue weighted by atomic mass is 10.2. The molecule has 2 aromatic heterocycles. The number of nitrogens with zero attached hydrogens (tertiary/aromatic N) is 4. The lowest BCUT2D eigenvalue weighted by Crippen LogP contribution is -2.21. The average Bonchev–Trinajstić information content (AvgIpc) is 3.22. The summed E-state index contributed by atoms with van der Waals surface area (Å²) in [5.41, 5.74) is 1.82. The molecule has 5 rings (SSSR count). The molecule has 0 aliphatic heterocycles. The van der Waals surface area contributed by atoms with E-state index in [0.29, 0.717) is 38.2 Å². The van der Waals surface area contributed by atoms with Crippen LogP contribution in [0.15, 0.2) is 88.8 Å². The van der Waals surface area contributed by atoms with Gasteiger partial charge in [0, 0.05) is 10.7 Å². The Morgan fingerprint density at radius 2 is 1.75 bits per heavy atom. The molecule has 9 heteroatoms. The van der Waals surface area contributed by atoms with Crippen LogP contribution in [0.2, 0.25) is 5.02 Å². The molecule has 0 saturated heterocycles. The van der Waals surface area contributed by atoms with Gasteiger partial charge in [0.25, 0.3) is 5.56 Å². The lowest BCUT2D eigenvalue weighted by Gasteiger charge is -2.11. The highest BCUT2D eigenvalue weighted by Gasteiger charge is 2.18. The number of hydrogen-bond acceptors (Lipinski definition) is 5. The van der Waals surface area contributed by atoms with Gasteiger partial charge in [-0.15, -0.1) is 10.2 Å². The Kier molecular flexibility index (Phi) is 5.38. The molecule has 5 aromatic rings. The minimum absolute atomic E-state index is 0.117. The quantitative estimate of drug-likeness (QED) is 0.392. The zero-order valence-corrected chi connectivity index (χ0v) is 18.2. The predicted octanol–water partition coefficient (Wildman–Crippen LogP) is 4.42. The second kappa shape index (κ2) is 8.49. The van der Waals surface area contributed by atoms with Crippen LogP contribution in [0, 0.1) is 0 Å². The predicted molar refractivity (Wildman–Crippen MR) is 127 cm³/mol. The van der Waals surface area contributed by atoms with Crippen LogP contribution in [0.4, 0.5) is 5.69 Å². The Bertz CT molecular complexity index is 1510. The standard InChI is InChI=1S/C23H16ClN5O2S/c24-15-7-6-8-16(13-15)25-20(30)14-32-23-27-26-22-28(17-9-2-1-3-10-17)21(31)18-11-4-5-12-19(18)29(22)23/h1-13H,14H2,(H,25,30). The van der Waals surface area contributed by atoms with Crippen LogP contribution in [0.3, 0.4) is 0 Å². The topological polar surface area (TPSA) is 81.3 Å². The van der Waals surface area contributed by atoms with Crippen molar-refractivity contribution in [3.8, 4) is 5.69 Å². The van der Waals surface area contributed by atoms with Crippen molar-refractivity contribution in [3.05, 3.63) is 94.2 Å². The summed E-state index contributed by atoms with van der Waals surface area (Å²) in [6.45, 7) is 0. The van der Waals surface area contributed by atoms with E-state index in [1.54, 1.807) is 34.7 Å². The van der Waals surface area contributed by atoms with Gasteiger partial charge in [0.15, 0.2) is 5.16 Å². The maximum Gasteiger partial charge on any atom is 0.267 e. The Labute approximate surface area is 191 Å². The van der Waals surface area contributed by atoms with E-state index in [9.17, 15) is 9.59 Å². The van der Waals surface area contributed by atoms with Gasteiger partial charge < -0.3 is 5.32 Å². The van der Waals surface area contributed by atoms with Crippen LogP contribution in [-0.2, 0) is 4.79 Å². The van der Waals surface area contributed by atoms with E-state index < -0.39 is 0 Å². The SMILES string of the molecule is O=C(CSc1nnc2n(-c3ccccc3)c(=O)c3ccccc3n12)Nc1cccc(Cl)c1. The molecular formula is C23H16ClN5O2S. The highest BCUT2D eigenvalue weighted by Crippen LogP contribution is 2.23. The van der Waals surface area contributed by atoms with Gasteiger partial charge in [0.05, 0.1) is 22.3 Å². The fourth-order valence-corrected chi connectivity index (χ4v) is 4.41. The van der Waals surface area contributed by atoms with Gasteiger partial charge in [0.1, 0.15) is 0 Å². The third-order valence-electron chi connectivity index (χ3n) is 4.85. The third kappa shape index (κ3) is 3.74. The van der Waals surface area contributed by atoms with Gasteiger partial charge in [-0.1, -0.05) is 59.8 Å². The Balaban J connectivity index is 1.54. The third-order valence-corrected chi connectivity index (χ3v) is 6.01. The van der Waals surface area contributed by atoms with Crippen molar-refractivity contribution in [2.45, 2.75) is 5.16 Å². The number of anilines is 1. The number of rotatable bonds is 5. The van der Waals surface area contributed by atoms with Gasteiger partial charge in [-0.2, -0.15) is 0 Å². The van der Waals surface area contributed by atoms with E-state index in [1.165, 1.54) is 16.3 Å². The number of benzene rings is 3. The molecule has 1 N–H and O–H groups in total. The smallest absolute Gasteiger partial charge is 0.267 e. The number of aromatic nitrogens is 4. The molecule has 7 nitrogen and oxygen atoms in total. The van der Waals surface area contributed by atoms with Gasteiger partial charge in [0.2, 0.25) is 11.7 Å². The molecule has 3 aromatic carbocycles. The number of para-hydroxylation sites is 2. The van der Waals surface area contributed by atoms with Crippen LogP contribution in [0.5, 0.6) is 0 Å². The first-order valence-electron chi connectivity index (χ1n) is 9.74. The van der Waals surface area contributed by atoms with E-state index in [-0.39, 0.29) is 17.2 Å². The molecule has 32 heavy (non-hydrogen) atoms. The molecule has 0 unspecified atom stereocenters. The normalized spacial score (nSPS) is 11.2. The van der Waals surface area contributed by atoms with Gasteiger partial charge in [-0.3, -0.25) is 14.0 Å². The number of amides is 1. The first-order valence-corrected chi connectivity index (χ1v) is 11.1. The zero-order chi connectivity index (χ0) is 22.1. The number of fused-ring (bicyclic) bond motifs is 3. The van der Waals surface area contributed by atoms with E-state index in [1.807, 2.05) is 48.5 Å². The fourth-order valence-electron chi connectivity index (χ4n) is 3.48. The summed E-state index contributed by atoms with van der Waals surface area (Å²) in [4.78, 5) is 25.7. The highest BCUT2D eigenvalue weighted by molar-refractivity contribution is 7.99. The fraction of sp³-hybridized carbons (Fsp3) is 0.0435. The summed E-state index contributed by atoms with van der Waals surface area (Å²) in [6.07, 6.45) is 0. The monoisotopic (exact) mass is 461 g/mol. The number of hydrogen-bond donors (Lipinski definition) is 1. The van der Waals surface area contributed by atoms with E-state index in [2.05, 4.69) is 15.5 Å². The molecule has 158 valence electrons. The molecule has 0 saturated carbocycles. The van der Waals surface area contributed by atoms with Crippen LogP contribution >= 0.6 is 23.4 Å². The summed E-state index contributed by atoms with van der Waals surface area (Å²) in [6, 6.07) is 23.6. The number of halogens is 1. The maximum atomic E-state index is 13.2. The second-order valence-corrected chi connectivity index (χ2v) is 8.34. The van der Waals surface area contributed by atoms with Crippen LogP contribution in [-0.4, -0.2) is 30.8 Å². The molecule has 0 radical (unpaired) electrons. The Morgan fingerprint density at radius 3 is 2.56 bits per heavy atom. The minimum atomic E-state index is -0.199. The molecule has 0 aliphatic carbocycles. The van der Waals surface area contributed by atoms with Crippen molar-refractivity contribution < 1.29 is 4.79 Å². The largest absolute Gasteiger partial charge is 0.325 e. The Hall–Kier alpha value is -3.62. The summed E-state index contributed by atoms with van der Waals surface area (Å²) in [5, 5.41) is 13.0. The van der Waals surface area contributed by atoms with Crippen LogP contribution < -0.4 is 10.9 Å². The number of nitrogens with one attached hydrogen (secondary N) is 1. The van der Waals surface area contributed by atoms with Crippen LogP contribution in [0.25, 0.3) is 22.4 Å². The maximum absolute atomic E-state index is 13.2. The van der Waals surface area contributed by atoms with Crippen molar-refractivity contribution in [1.82, 2.24) is 19.2 Å². The molecule has 2 heterocycles. The van der Waals surface area contributed by atoms with E-state index in [0.717, 1.165) is 0 Å². The minimum Gasteiger partial charge on any atom is -0.325 e. The lowest BCUT2D eigenvalue weighted by molar-refractivity contribution is -0.113. The van der Waals surface area contributed by atoms with Gasteiger partial charge in [-0.25, -0.2) is 4.57 Å². The van der Waals surface area contributed by atoms with Gasteiger partial charge >= 0.3 is 0 Å². The van der Waals surface area contributed by atoms with Crippen LogP contribution in [0.1, 0.15) is 0 Å². The summed E-state index contributed by atoms with van der Waals surface area (Å²) >= 11 is 7.22. The van der Waals surface area contributed by atoms with Crippen molar-refractivity contribution >= 4 is 51.6 Å². The number of carbonyl (C=O) groups excluding carboxylic acids is 1. The molecular weight excluding hydrogens is 446 g/mol. The molecule has 0 atom stereocenters. The molecule has 0 bridgehead atoms. The average molecular weight is 462 g/mol. The molecule has 1 amide bonds. The summed E-state index contributed by atoms with van der Waals surface area (Å²) < 4.78 is 3.34. The second-order valence-electron chi connectivity index (χ2n) is 6.96. The highest BCUT2D eigenvalue weighted by atomic mass is 35.5. The number of thioether (sulfide) groups is 1. The molecule has 0 fully saturated rings. The number of carbonyl (C=O) groups is 1. The molecule has 0 spiro atoms. The first-order chi connectivity index (χ1) is 15.6. The van der Waals surface area contributed by atoms with Crippen molar-refractivity contribution in [2.24, 2.45) is 0 Å².